The molecule has 1 aliphatic rings. The second-order valence-corrected chi connectivity index (χ2v) is 9.66. The molecule has 5 rings (SSSR count). The fourth-order valence-electron chi connectivity index (χ4n) is 4.95. The number of fused-ring (bicyclic) bond motifs is 2. The number of nitrogens with zero attached hydrogens (tertiary/aromatic N) is 1. The molecule has 1 amide bonds. The molecule has 0 radical (unpaired) electrons. The van der Waals surface area contributed by atoms with Gasteiger partial charge >= 0.3 is 5.63 Å². The van der Waals surface area contributed by atoms with Crippen molar-refractivity contribution >= 4 is 33.5 Å². The monoisotopic (exact) mass is 488 g/mol. The highest BCUT2D eigenvalue weighted by atomic mass is 16.5. The zero-order chi connectivity index (χ0) is 25.4. The van der Waals surface area contributed by atoms with Gasteiger partial charge in [0.05, 0.1) is 13.2 Å². The number of ether oxygens (including phenoxy) is 1. The van der Waals surface area contributed by atoms with E-state index in [0.717, 1.165) is 77.3 Å². The fourth-order valence-corrected chi connectivity index (χ4v) is 4.95. The van der Waals surface area contributed by atoms with Gasteiger partial charge in [-0.25, -0.2) is 4.79 Å². The standard InChI is InChI=1S/C29H32N2O5/c1-17-20(4)35-27-19(3)28-25(15-24(17)27)18(2)23(29(33)36-28)9-10-26(32)30-22-7-5-21(6-8-22)16-31-11-13-34-14-12-31/h5-8,15H,9-14,16H2,1-4H3,(H,30,32). The molecular weight excluding hydrogens is 456 g/mol. The van der Waals surface area contributed by atoms with Crippen molar-refractivity contribution in [2.75, 3.05) is 31.6 Å². The molecule has 1 N–H and O–H groups in total. The van der Waals surface area contributed by atoms with Gasteiger partial charge < -0.3 is 18.9 Å². The quantitative estimate of drug-likeness (QED) is 0.377. The molecule has 188 valence electrons. The molecule has 1 saturated heterocycles. The molecule has 36 heavy (non-hydrogen) atoms. The van der Waals surface area contributed by atoms with Gasteiger partial charge in [0, 0.05) is 53.6 Å². The van der Waals surface area contributed by atoms with Gasteiger partial charge in [0.1, 0.15) is 16.9 Å². The molecular formula is C29H32N2O5. The Balaban J connectivity index is 1.29. The number of amides is 1. The van der Waals surface area contributed by atoms with Crippen molar-refractivity contribution in [3.8, 4) is 0 Å². The number of aryl methyl sites for hydroxylation is 4. The molecule has 7 heteroatoms. The second-order valence-electron chi connectivity index (χ2n) is 9.66. The Bertz CT molecular complexity index is 1490. The van der Waals surface area contributed by atoms with Crippen molar-refractivity contribution < 1.29 is 18.4 Å². The normalized spacial score (nSPS) is 14.6. The maximum Gasteiger partial charge on any atom is 0.339 e. The first-order valence-corrected chi connectivity index (χ1v) is 12.5. The van der Waals surface area contributed by atoms with Crippen molar-refractivity contribution in [2.45, 2.75) is 47.1 Å². The molecule has 0 aliphatic carbocycles. The molecule has 0 saturated carbocycles. The Hall–Kier alpha value is -3.42. The van der Waals surface area contributed by atoms with E-state index in [1.54, 1.807) is 0 Å². The molecule has 0 unspecified atom stereocenters. The molecule has 0 spiro atoms. The summed E-state index contributed by atoms with van der Waals surface area (Å²) in [6.07, 6.45) is 0.503. The number of anilines is 1. The van der Waals surface area contributed by atoms with E-state index in [1.807, 2.05) is 58.0 Å². The summed E-state index contributed by atoms with van der Waals surface area (Å²) in [5.41, 5.74) is 6.14. The number of morpholine rings is 1. The lowest BCUT2D eigenvalue weighted by molar-refractivity contribution is -0.116. The number of carbonyl (C=O) groups is 1. The maximum atomic E-state index is 12.8. The van der Waals surface area contributed by atoms with E-state index in [-0.39, 0.29) is 12.3 Å². The smallest absolute Gasteiger partial charge is 0.339 e. The number of carbonyl (C=O) groups excluding carboxylic acids is 1. The van der Waals surface area contributed by atoms with Crippen LogP contribution in [0.2, 0.25) is 0 Å². The Labute approximate surface area is 210 Å². The van der Waals surface area contributed by atoms with Gasteiger partial charge in [0.15, 0.2) is 0 Å². The van der Waals surface area contributed by atoms with Gasteiger partial charge in [0.25, 0.3) is 0 Å². The van der Waals surface area contributed by atoms with Gasteiger partial charge in [-0.3, -0.25) is 9.69 Å². The first-order valence-electron chi connectivity index (χ1n) is 12.5. The van der Waals surface area contributed by atoms with Crippen molar-refractivity contribution in [1.29, 1.82) is 0 Å². The van der Waals surface area contributed by atoms with E-state index in [4.69, 9.17) is 13.6 Å². The number of rotatable bonds is 6. The Morgan fingerprint density at radius 2 is 1.58 bits per heavy atom. The van der Waals surface area contributed by atoms with E-state index >= 15 is 0 Å². The van der Waals surface area contributed by atoms with Crippen LogP contribution in [-0.4, -0.2) is 37.1 Å². The SMILES string of the molecule is Cc1oc2c(C)c3oc(=O)c(CCC(=O)Nc4ccc(CN5CCOCC5)cc4)c(C)c3cc2c1C. The third-order valence-electron chi connectivity index (χ3n) is 7.29. The first kappa shape index (κ1) is 24.3. The number of benzene rings is 2. The summed E-state index contributed by atoms with van der Waals surface area (Å²) in [4.78, 5) is 27.9. The van der Waals surface area contributed by atoms with Crippen LogP contribution in [0.15, 0.2) is 44.0 Å². The zero-order valence-electron chi connectivity index (χ0n) is 21.3. The summed E-state index contributed by atoms with van der Waals surface area (Å²) in [7, 11) is 0. The average molecular weight is 489 g/mol. The molecule has 4 aromatic rings. The van der Waals surface area contributed by atoms with Gasteiger partial charge in [0.2, 0.25) is 5.91 Å². The van der Waals surface area contributed by atoms with E-state index in [0.29, 0.717) is 17.6 Å². The minimum absolute atomic E-state index is 0.136. The van der Waals surface area contributed by atoms with E-state index in [2.05, 4.69) is 10.2 Å². The lowest BCUT2D eigenvalue weighted by atomic mass is 9.98. The van der Waals surface area contributed by atoms with Crippen molar-refractivity contribution in [3.63, 3.8) is 0 Å². The number of furan rings is 1. The first-order chi connectivity index (χ1) is 17.3. The number of hydrogen-bond acceptors (Lipinski definition) is 6. The van der Waals surface area contributed by atoms with Gasteiger partial charge in [-0.05, 0) is 69.0 Å². The summed E-state index contributed by atoms with van der Waals surface area (Å²) in [6, 6.07) is 9.95. The van der Waals surface area contributed by atoms with Gasteiger partial charge in [-0.2, -0.15) is 0 Å². The van der Waals surface area contributed by atoms with Crippen molar-refractivity contribution in [1.82, 2.24) is 4.90 Å². The van der Waals surface area contributed by atoms with E-state index in [1.165, 1.54) is 5.56 Å². The maximum absolute atomic E-state index is 12.8. The van der Waals surface area contributed by atoms with Crippen LogP contribution < -0.4 is 10.9 Å². The van der Waals surface area contributed by atoms with Crippen LogP contribution in [0.3, 0.4) is 0 Å². The lowest BCUT2D eigenvalue weighted by Crippen LogP contribution is -2.35. The van der Waals surface area contributed by atoms with Crippen LogP contribution in [0.25, 0.3) is 21.9 Å². The molecule has 3 heterocycles. The number of hydrogen-bond donors (Lipinski definition) is 1. The van der Waals surface area contributed by atoms with E-state index < -0.39 is 5.63 Å². The Morgan fingerprint density at radius 3 is 2.31 bits per heavy atom. The molecule has 7 nitrogen and oxygen atoms in total. The van der Waals surface area contributed by atoms with Crippen LogP contribution in [0.4, 0.5) is 5.69 Å². The van der Waals surface area contributed by atoms with Crippen LogP contribution >= 0.6 is 0 Å². The molecule has 2 aromatic heterocycles. The van der Waals surface area contributed by atoms with Crippen molar-refractivity contribution in [2.24, 2.45) is 0 Å². The third-order valence-corrected chi connectivity index (χ3v) is 7.29. The Morgan fingerprint density at radius 1 is 0.917 bits per heavy atom. The molecule has 1 fully saturated rings. The molecule has 0 atom stereocenters. The highest BCUT2D eigenvalue weighted by molar-refractivity contribution is 6.00. The predicted molar refractivity (Wildman–Crippen MR) is 141 cm³/mol. The minimum Gasteiger partial charge on any atom is -0.461 e. The van der Waals surface area contributed by atoms with Crippen LogP contribution in [0, 0.1) is 27.7 Å². The molecule has 1 aliphatic heterocycles. The largest absolute Gasteiger partial charge is 0.461 e. The number of nitrogens with one attached hydrogen (secondary N) is 1. The minimum atomic E-state index is -0.400. The second kappa shape index (κ2) is 9.91. The molecule has 0 bridgehead atoms. The topological polar surface area (TPSA) is 84.9 Å². The summed E-state index contributed by atoms with van der Waals surface area (Å²) in [6.45, 7) is 12.1. The van der Waals surface area contributed by atoms with Crippen LogP contribution in [-0.2, 0) is 22.5 Å². The van der Waals surface area contributed by atoms with Gasteiger partial charge in [-0.15, -0.1) is 0 Å². The van der Waals surface area contributed by atoms with Crippen LogP contribution in [0.1, 0.15) is 40.0 Å². The van der Waals surface area contributed by atoms with Gasteiger partial charge in [-0.1, -0.05) is 12.1 Å². The summed E-state index contributed by atoms with van der Waals surface area (Å²) >= 11 is 0. The molecule has 2 aromatic carbocycles. The predicted octanol–water partition coefficient (Wildman–Crippen LogP) is 5.18. The van der Waals surface area contributed by atoms with Crippen LogP contribution in [0.5, 0.6) is 0 Å². The fraction of sp³-hybridized carbons (Fsp3) is 0.379. The zero-order valence-corrected chi connectivity index (χ0v) is 21.3. The third kappa shape index (κ3) is 4.68. The summed E-state index contributed by atoms with van der Waals surface area (Å²) in [5.74, 6) is 0.720. The van der Waals surface area contributed by atoms with E-state index in [9.17, 15) is 9.59 Å². The van der Waals surface area contributed by atoms with Crippen molar-refractivity contribution in [3.05, 3.63) is 74.3 Å². The lowest BCUT2D eigenvalue weighted by Gasteiger charge is -2.26. The summed E-state index contributed by atoms with van der Waals surface area (Å²) in [5, 5.41) is 4.85. The highest BCUT2D eigenvalue weighted by Gasteiger charge is 2.19. The summed E-state index contributed by atoms with van der Waals surface area (Å²) < 4.78 is 17.0. The Kier molecular flexibility index (Phi) is 6.69. The average Bonchev–Trinajstić information content (AvgIpc) is 3.15. The highest BCUT2D eigenvalue weighted by Crippen LogP contribution is 2.34.